The zero-order chi connectivity index (χ0) is 25.3. The molecule has 0 spiro atoms. The molecule has 3 N–H and O–H groups in total. The third-order valence-electron chi connectivity index (χ3n) is 6.18. The van der Waals surface area contributed by atoms with Crippen molar-refractivity contribution in [2.75, 3.05) is 25.5 Å². The Balaban J connectivity index is 1.52. The molecule has 1 heterocycles. The number of nitrogens with one attached hydrogen (secondary N) is 2. The maximum atomic E-state index is 12.0. The van der Waals surface area contributed by atoms with E-state index >= 15 is 0 Å². The van der Waals surface area contributed by atoms with Crippen molar-refractivity contribution in [2.45, 2.75) is 45.0 Å². The van der Waals surface area contributed by atoms with Crippen LogP contribution in [0.25, 0.3) is 0 Å². The van der Waals surface area contributed by atoms with Gasteiger partial charge in [-0.2, -0.15) is 0 Å². The van der Waals surface area contributed by atoms with Crippen molar-refractivity contribution in [2.24, 2.45) is 0 Å². The summed E-state index contributed by atoms with van der Waals surface area (Å²) in [4.78, 5) is 14.3. The molecule has 0 radical (unpaired) electrons. The van der Waals surface area contributed by atoms with Crippen molar-refractivity contribution < 1.29 is 19.4 Å². The Morgan fingerprint density at radius 3 is 2.47 bits per heavy atom. The second kappa shape index (κ2) is 12.6. The summed E-state index contributed by atoms with van der Waals surface area (Å²) in [7, 11) is 2.10. The van der Waals surface area contributed by atoms with Crippen LogP contribution in [0.5, 0.6) is 0 Å². The number of rotatable bonds is 9. The summed E-state index contributed by atoms with van der Waals surface area (Å²) < 4.78 is 12.9. The van der Waals surface area contributed by atoms with Crippen molar-refractivity contribution in [3.05, 3.63) is 101 Å². The highest BCUT2D eigenvalue weighted by atomic mass is 16.7. The zero-order valence-electron chi connectivity index (χ0n) is 20.9. The maximum absolute atomic E-state index is 12.0. The number of anilines is 1. The highest BCUT2D eigenvalue weighted by Gasteiger charge is 2.33. The number of carbonyl (C=O) groups excluding carboxylic acids is 1. The van der Waals surface area contributed by atoms with Crippen LogP contribution in [0, 0.1) is 0 Å². The van der Waals surface area contributed by atoms with Gasteiger partial charge in [0.25, 0.3) is 0 Å². The van der Waals surface area contributed by atoms with Crippen LogP contribution in [-0.4, -0.2) is 42.3 Å². The Morgan fingerprint density at radius 2 is 1.75 bits per heavy atom. The number of hydrogen-bond donors (Lipinski definition) is 3. The highest BCUT2D eigenvalue weighted by molar-refractivity contribution is 5.89. The fourth-order valence-electron chi connectivity index (χ4n) is 4.44. The molecular formula is C29H35N3O4. The molecule has 36 heavy (non-hydrogen) atoms. The van der Waals surface area contributed by atoms with Gasteiger partial charge in [-0.3, -0.25) is 4.90 Å². The number of nitrogens with zero attached hydrogens (tertiary/aromatic N) is 1. The molecule has 3 aromatic rings. The van der Waals surface area contributed by atoms with Gasteiger partial charge in [-0.15, -0.1) is 0 Å². The van der Waals surface area contributed by atoms with Gasteiger partial charge in [0.15, 0.2) is 6.29 Å². The van der Waals surface area contributed by atoms with E-state index in [2.05, 4.69) is 46.8 Å². The molecule has 1 aliphatic heterocycles. The van der Waals surface area contributed by atoms with Gasteiger partial charge >= 0.3 is 6.03 Å². The van der Waals surface area contributed by atoms with Crippen molar-refractivity contribution in [1.82, 2.24) is 10.2 Å². The van der Waals surface area contributed by atoms with Gasteiger partial charge in [-0.05, 0) is 42.8 Å². The SMILES string of the molecule is CCNC(=O)Nc1cccc(C2OC(CN(C)Cc3ccccc3)CC(c3ccc(CO)cc3)O2)c1. The molecule has 3 aromatic carbocycles. The molecule has 7 nitrogen and oxygen atoms in total. The molecule has 1 aliphatic rings. The number of aliphatic hydroxyl groups is 1. The molecule has 0 saturated carbocycles. The van der Waals surface area contributed by atoms with Crippen LogP contribution < -0.4 is 10.6 Å². The fourth-order valence-corrected chi connectivity index (χ4v) is 4.44. The molecule has 1 saturated heterocycles. The molecule has 3 unspecified atom stereocenters. The summed E-state index contributed by atoms with van der Waals surface area (Å²) in [5, 5.41) is 15.0. The summed E-state index contributed by atoms with van der Waals surface area (Å²) in [6, 6.07) is 25.6. The first-order valence-electron chi connectivity index (χ1n) is 12.4. The van der Waals surface area contributed by atoms with Crippen LogP contribution >= 0.6 is 0 Å². The van der Waals surface area contributed by atoms with Gasteiger partial charge in [-0.1, -0.05) is 66.7 Å². The van der Waals surface area contributed by atoms with Crippen LogP contribution in [-0.2, 0) is 22.6 Å². The van der Waals surface area contributed by atoms with Crippen molar-refractivity contribution >= 4 is 11.7 Å². The zero-order valence-corrected chi connectivity index (χ0v) is 20.9. The van der Waals surface area contributed by atoms with E-state index < -0.39 is 6.29 Å². The van der Waals surface area contributed by atoms with Crippen molar-refractivity contribution in [3.8, 4) is 0 Å². The monoisotopic (exact) mass is 489 g/mol. The Hall–Kier alpha value is -3.23. The summed E-state index contributed by atoms with van der Waals surface area (Å²) in [5.74, 6) is 0. The van der Waals surface area contributed by atoms with Crippen LogP contribution in [0.1, 0.15) is 48.0 Å². The largest absolute Gasteiger partial charge is 0.392 e. The first-order valence-corrected chi connectivity index (χ1v) is 12.4. The Morgan fingerprint density at radius 1 is 0.972 bits per heavy atom. The number of hydrogen-bond acceptors (Lipinski definition) is 5. The van der Waals surface area contributed by atoms with Crippen molar-refractivity contribution in [3.63, 3.8) is 0 Å². The molecular weight excluding hydrogens is 454 g/mol. The number of aliphatic hydroxyl groups excluding tert-OH is 1. The average molecular weight is 490 g/mol. The molecule has 3 atom stereocenters. The maximum Gasteiger partial charge on any atom is 0.319 e. The van der Waals surface area contributed by atoms with Gasteiger partial charge in [0, 0.05) is 37.3 Å². The first kappa shape index (κ1) is 25.9. The Labute approximate surface area is 213 Å². The van der Waals surface area contributed by atoms with Crippen molar-refractivity contribution in [1.29, 1.82) is 0 Å². The smallest absolute Gasteiger partial charge is 0.319 e. The fraction of sp³-hybridized carbons (Fsp3) is 0.345. The summed E-state index contributed by atoms with van der Waals surface area (Å²) >= 11 is 0. The summed E-state index contributed by atoms with van der Waals surface area (Å²) in [5.41, 5.74) is 4.69. The molecule has 2 amide bonds. The molecule has 0 aromatic heterocycles. The van der Waals surface area contributed by atoms with E-state index in [1.54, 1.807) is 0 Å². The highest BCUT2D eigenvalue weighted by Crippen LogP contribution is 2.38. The quantitative estimate of drug-likeness (QED) is 0.394. The van der Waals surface area contributed by atoms with E-state index in [-0.39, 0.29) is 24.8 Å². The predicted octanol–water partition coefficient (Wildman–Crippen LogP) is 5.00. The number of ether oxygens (including phenoxy) is 2. The van der Waals surface area contributed by atoms with E-state index in [1.165, 1.54) is 5.56 Å². The minimum absolute atomic E-state index is 0.00977. The van der Waals surface area contributed by atoms with Gasteiger partial charge in [0.05, 0.1) is 18.8 Å². The molecule has 7 heteroatoms. The Bertz CT molecular complexity index is 1110. The van der Waals surface area contributed by atoms with Gasteiger partial charge in [0.1, 0.15) is 0 Å². The standard InChI is InChI=1S/C29H35N3O4/c1-3-30-29(34)31-25-11-7-10-24(16-25)28-35-26(19-32(2)18-21-8-5-4-6-9-21)17-27(36-28)23-14-12-22(20-33)13-15-23/h4-16,26-28,33H,3,17-20H2,1-2H3,(H2,30,31,34). The van der Waals surface area contributed by atoms with E-state index in [9.17, 15) is 9.90 Å². The lowest BCUT2D eigenvalue weighted by atomic mass is 9.99. The first-order chi connectivity index (χ1) is 17.5. The third kappa shape index (κ3) is 7.15. The second-order valence-corrected chi connectivity index (χ2v) is 9.14. The molecule has 4 rings (SSSR count). The lowest BCUT2D eigenvalue weighted by Crippen LogP contribution is -2.37. The second-order valence-electron chi connectivity index (χ2n) is 9.14. The Kier molecular flexibility index (Phi) is 9.08. The van der Waals surface area contributed by atoms with Crippen LogP contribution in [0.15, 0.2) is 78.9 Å². The van der Waals surface area contributed by atoms with E-state index in [0.29, 0.717) is 18.7 Å². The third-order valence-corrected chi connectivity index (χ3v) is 6.18. The van der Waals surface area contributed by atoms with Crippen LogP contribution in [0.2, 0.25) is 0 Å². The van der Waals surface area contributed by atoms with Gasteiger partial charge < -0.3 is 25.2 Å². The molecule has 0 bridgehead atoms. The topological polar surface area (TPSA) is 83.1 Å². The predicted molar refractivity (Wildman–Crippen MR) is 140 cm³/mol. The van der Waals surface area contributed by atoms with Gasteiger partial charge in [0.2, 0.25) is 0 Å². The molecule has 190 valence electrons. The van der Waals surface area contributed by atoms with Gasteiger partial charge in [-0.25, -0.2) is 4.79 Å². The summed E-state index contributed by atoms with van der Waals surface area (Å²) in [6.07, 6.45) is -0.0794. The number of likely N-dealkylation sites (N-methyl/N-ethyl adjacent to an activating group) is 1. The van der Waals surface area contributed by atoms with E-state index in [0.717, 1.165) is 29.8 Å². The number of amides is 2. The number of carbonyl (C=O) groups is 1. The molecule has 0 aliphatic carbocycles. The minimum Gasteiger partial charge on any atom is -0.392 e. The van der Waals surface area contributed by atoms with Crippen LogP contribution in [0.3, 0.4) is 0 Å². The van der Waals surface area contributed by atoms with E-state index in [1.807, 2.05) is 61.5 Å². The lowest BCUT2D eigenvalue weighted by molar-refractivity contribution is -0.252. The summed E-state index contributed by atoms with van der Waals surface area (Å²) in [6.45, 7) is 4.01. The number of urea groups is 1. The van der Waals surface area contributed by atoms with E-state index in [4.69, 9.17) is 9.47 Å². The molecule has 1 fully saturated rings. The minimum atomic E-state index is -0.577. The van der Waals surface area contributed by atoms with Crippen LogP contribution in [0.4, 0.5) is 10.5 Å². The lowest BCUT2D eigenvalue weighted by Gasteiger charge is -2.38. The number of benzene rings is 3. The average Bonchev–Trinajstić information content (AvgIpc) is 2.89. The normalized spacial score (nSPS) is 19.7.